The van der Waals surface area contributed by atoms with E-state index in [0.717, 1.165) is 24.1 Å². The SMILES string of the molecule is CCCc1ccc(C(F)(F)Oc2ccc(C(F)(F)Oc3cc(F)c(OC(F)(F)F)c(F)c3)cc2)cc1. The Kier molecular flexibility index (Phi) is 7.65. The quantitative estimate of drug-likeness (QED) is 0.265. The summed E-state index contributed by atoms with van der Waals surface area (Å²) >= 11 is 0. The van der Waals surface area contributed by atoms with E-state index in [-0.39, 0.29) is 12.1 Å². The Morgan fingerprint density at radius 2 is 1.06 bits per heavy atom. The average Bonchev–Trinajstić information content (AvgIpc) is 2.76. The standard InChI is InChI=1S/C24H17F9O3/c1-2-3-14-4-6-15(7-5-14)22(27,28)34-17-10-8-16(9-11-17)23(29,30)35-18-12-19(25)21(20(26)13-18)36-24(31,32)33/h4-13H,2-3H2,1H3. The summed E-state index contributed by atoms with van der Waals surface area (Å²) in [6.45, 7) is 1.93. The van der Waals surface area contributed by atoms with Crippen LogP contribution in [0.25, 0.3) is 0 Å². The molecule has 12 heteroatoms. The number of hydrogen-bond donors (Lipinski definition) is 0. The molecule has 0 aliphatic heterocycles. The summed E-state index contributed by atoms with van der Waals surface area (Å²) in [5.74, 6) is -7.34. The first-order valence-corrected chi connectivity index (χ1v) is 10.3. The number of rotatable bonds is 9. The Labute approximate surface area is 199 Å². The highest BCUT2D eigenvalue weighted by Gasteiger charge is 2.38. The third-order valence-corrected chi connectivity index (χ3v) is 4.70. The lowest BCUT2D eigenvalue weighted by Crippen LogP contribution is -2.23. The van der Waals surface area contributed by atoms with E-state index in [4.69, 9.17) is 0 Å². The van der Waals surface area contributed by atoms with Gasteiger partial charge >= 0.3 is 18.6 Å². The van der Waals surface area contributed by atoms with E-state index in [0.29, 0.717) is 18.6 Å². The van der Waals surface area contributed by atoms with Crippen molar-refractivity contribution in [3.8, 4) is 17.2 Å². The van der Waals surface area contributed by atoms with Gasteiger partial charge in [-0.15, -0.1) is 13.2 Å². The zero-order chi connectivity index (χ0) is 26.7. The Balaban J connectivity index is 1.73. The van der Waals surface area contributed by atoms with Crippen molar-refractivity contribution < 1.29 is 53.7 Å². The van der Waals surface area contributed by atoms with Crippen molar-refractivity contribution in [2.45, 2.75) is 38.3 Å². The van der Waals surface area contributed by atoms with Crippen LogP contribution in [0.5, 0.6) is 17.2 Å². The molecule has 0 heterocycles. The summed E-state index contributed by atoms with van der Waals surface area (Å²) < 4.78 is 134. The lowest BCUT2D eigenvalue weighted by Gasteiger charge is -2.21. The van der Waals surface area contributed by atoms with Crippen molar-refractivity contribution in [3.05, 3.63) is 89.0 Å². The van der Waals surface area contributed by atoms with Gasteiger partial charge in [0.2, 0.25) is 5.75 Å². The molecule has 3 nitrogen and oxygen atoms in total. The second kappa shape index (κ2) is 10.2. The fourth-order valence-electron chi connectivity index (χ4n) is 3.09. The molecule has 36 heavy (non-hydrogen) atoms. The lowest BCUT2D eigenvalue weighted by molar-refractivity contribution is -0.276. The van der Waals surface area contributed by atoms with Crippen LogP contribution < -0.4 is 14.2 Å². The molecule has 0 unspecified atom stereocenters. The van der Waals surface area contributed by atoms with Crippen LogP contribution in [0.3, 0.4) is 0 Å². The van der Waals surface area contributed by atoms with Crippen LogP contribution in [-0.2, 0) is 18.6 Å². The smallest absolute Gasteiger partial charge is 0.429 e. The number of halogens is 9. The van der Waals surface area contributed by atoms with Crippen molar-refractivity contribution >= 4 is 0 Å². The predicted molar refractivity (Wildman–Crippen MR) is 109 cm³/mol. The maximum atomic E-state index is 14.4. The predicted octanol–water partition coefficient (Wildman–Crippen LogP) is 8.07. The Hall–Kier alpha value is -3.57. The molecule has 0 N–H and O–H groups in total. The largest absolute Gasteiger partial charge is 0.573 e. The number of ether oxygens (including phenoxy) is 3. The summed E-state index contributed by atoms with van der Waals surface area (Å²) in [4.78, 5) is 0. The molecule has 0 aliphatic rings. The monoisotopic (exact) mass is 524 g/mol. The van der Waals surface area contributed by atoms with Gasteiger partial charge in [0.05, 0.1) is 11.1 Å². The van der Waals surface area contributed by atoms with Crippen LogP contribution in [0.2, 0.25) is 0 Å². The molecule has 3 rings (SSSR count). The van der Waals surface area contributed by atoms with Crippen LogP contribution >= 0.6 is 0 Å². The Morgan fingerprint density at radius 1 is 0.611 bits per heavy atom. The second-order valence-corrected chi connectivity index (χ2v) is 7.47. The van der Waals surface area contributed by atoms with Gasteiger partial charge in [-0.25, -0.2) is 8.78 Å². The lowest BCUT2D eigenvalue weighted by atomic mass is 10.1. The van der Waals surface area contributed by atoms with E-state index in [2.05, 4.69) is 14.2 Å². The molecule has 3 aromatic carbocycles. The number of benzene rings is 3. The molecule has 0 atom stereocenters. The second-order valence-electron chi connectivity index (χ2n) is 7.47. The van der Waals surface area contributed by atoms with E-state index >= 15 is 0 Å². The molecular formula is C24H17F9O3. The van der Waals surface area contributed by atoms with Gasteiger partial charge in [0.25, 0.3) is 0 Å². The molecule has 0 aliphatic carbocycles. The fraction of sp³-hybridized carbons (Fsp3) is 0.250. The van der Waals surface area contributed by atoms with Crippen molar-refractivity contribution in [1.29, 1.82) is 0 Å². The van der Waals surface area contributed by atoms with E-state index in [1.165, 1.54) is 24.3 Å². The highest BCUT2D eigenvalue weighted by molar-refractivity contribution is 5.36. The van der Waals surface area contributed by atoms with Crippen molar-refractivity contribution in [3.63, 3.8) is 0 Å². The first kappa shape index (κ1) is 27.0. The first-order chi connectivity index (χ1) is 16.7. The third kappa shape index (κ3) is 6.76. The van der Waals surface area contributed by atoms with E-state index in [1.807, 2.05) is 6.92 Å². The van der Waals surface area contributed by atoms with E-state index in [9.17, 15) is 39.5 Å². The van der Waals surface area contributed by atoms with Gasteiger partial charge in [-0.2, -0.15) is 17.6 Å². The molecule has 0 aromatic heterocycles. The highest BCUT2D eigenvalue weighted by atomic mass is 19.4. The molecule has 0 amide bonds. The number of aryl methyl sites for hydroxylation is 1. The molecule has 0 spiro atoms. The minimum Gasteiger partial charge on any atom is -0.429 e. The zero-order valence-corrected chi connectivity index (χ0v) is 18.3. The van der Waals surface area contributed by atoms with Gasteiger partial charge in [-0.3, -0.25) is 0 Å². The van der Waals surface area contributed by atoms with Crippen molar-refractivity contribution in [2.24, 2.45) is 0 Å². The fourth-order valence-corrected chi connectivity index (χ4v) is 3.09. The highest BCUT2D eigenvalue weighted by Crippen LogP contribution is 2.38. The van der Waals surface area contributed by atoms with E-state index < -0.39 is 58.6 Å². The van der Waals surface area contributed by atoms with Crippen LogP contribution in [-0.4, -0.2) is 6.36 Å². The molecule has 3 aromatic rings. The molecule has 0 radical (unpaired) electrons. The molecular weight excluding hydrogens is 507 g/mol. The van der Waals surface area contributed by atoms with Crippen LogP contribution in [0.1, 0.15) is 30.0 Å². The van der Waals surface area contributed by atoms with Crippen molar-refractivity contribution in [1.82, 2.24) is 0 Å². The van der Waals surface area contributed by atoms with Gasteiger partial charge in [0.1, 0.15) is 11.5 Å². The van der Waals surface area contributed by atoms with Crippen LogP contribution in [0.15, 0.2) is 60.7 Å². The van der Waals surface area contributed by atoms with Gasteiger partial charge in [0, 0.05) is 12.1 Å². The van der Waals surface area contributed by atoms with Gasteiger partial charge in [0.15, 0.2) is 11.6 Å². The number of alkyl halides is 7. The molecule has 0 saturated carbocycles. The maximum Gasteiger partial charge on any atom is 0.573 e. The molecule has 0 fully saturated rings. The minimum absolute atomic E-state index is 0.0713. The minimum atomic E-state index is -5.42. The molecule has 0 bridgehead atoms. The third-order valence-electron chi connectivity index (χ3n) is 4.70. The first-order valence-electron chi connectivity index (χ1n) is 10.3. The van der Waals surface area contributed by atoms with E-state index in [1.54, 1.807) is 0 Å². The summed E-state index contributed by atoms with van der Waals surface area (Å²) in [7, 11) is 0. The maximum absolute atomic E-state index is 14.4. The van der Waals surface area contributed by atoms with Gasteiger partial charge in [-0.05, 0) is 48.4 Å². The average molecular weight is 524 g/mol. The summed E-state index contributed by atoms with van der Waals surface area (Å²) in [6, 6.07) is 8.49. The van der Waals surface area contributed by atoms with Crippen molar-refractivity contribution in [2.75, 3.05) is 0 Å². The molecule has 194 valence electrons. The summed E-state index contributed by atoms with van der Waals surface area (Å²) in [5.41, 5.74) is -0.522. The van der Waals surface area contributed by atoms with Gasteiger partial charge in [-0.1, -0.05) is 25.5 Å². The van der Waals surface area contributed by atoms with Gasteiger partial charge < -0.3 is 14.2 Å². The molecule has 0 saturated heterocycles. The summed E-state index contributed by atoms with van der Waals surface area (Å²) in [6.07, 6.45) is -11.9. The Bertz CT molecular complexity index is 1150. The Morgan fingerprint density at radius 3 is 1.50 bits per heavy atom. The zero-order valence-electron chi connectivity index (χ0n) is 18.3. The summed E-state index contributed by atoms with van der Waals surface area (Å²) in [5, 5.41) is 0. The van der Waals surface area contributed by atoms with Crippen LogP contribution in [0.4, 0.5) is 39.5 Å². The number of hydrogen-bond acceptors (Lipinski definition) is 3. The van der Waals surface area contributed by atoms with Crippen LogP contribution in [0, 0.1) is 11.6 Å². The topological polar surface area (TPSA) is 27.7 Å². The normalized spacial score (nSPS) is 12.4.